The lowest BCUT2D eigenvalue weighted by molar-refractivity contribution is -0.114. The molecule has 6 heteroatoms. The van der Waals surface area contributed by atoms with Crippen molar-refractivity contribution in [1.29, 1.82) is 0 Å². The van der Waals surface area contributed by atoms with E-state index in [9.17, 15) is 4.79 Å². The van der Waals surface area contributed by atoms with Crippen LogP contribution in [-0.4, -0.2) is 22.4 Å². The van der Waals surface area contributed by atoms with E-state index < -0.39 is 0 Å². The number of rotatable bonds is 4. The highest BCUT2D eigenvalue weighted by Gasteiger charge is 2.03. The van der Waals surface area contributed by atoms with Gasteiger partial charge >= 0.3 is 0 Å². The Morgan fingerprint density at radius 3 is 2.61 bits per heavy atom. The lowest BCUT2D eigenvalue weighted by Crippen LogP contribution is -2.22. The van der Waals surface area contributed by atoms with E-state index >= 15 is 0 Å². The molecule has 1 aromatic heterocycles. The Kier molecular flexibility index (Phi) is 4.25. The molecule has 5 nitrogen and oxygen atoms in total. The van der Waals surface area contributed by atoms with Crippen molar-refractivity contribution in [2.75, 3.05) is 17.2 Å². The standard InChI is InChI=1S/C12H11BrN4O/c13-10-6-16-11(7-15-10)17-12(18)8-14-9-4-2-1-3-5-9/h1-7,14H,8H2,(H,16,17,18). The summed E-state index contributed by atoms with van der Waals surface area (Å²) in [4.78, 5) is 19.6. The third kappa shape index (κ3) is 3.81. The van der Waals surface area contributed by atoms with Crippen molar-refractivity contribution in [3.63, 3.8) is 0 Å². The summed E-state index contributed by atoms with van der Waals surface area (Å²) in [5, 5.41) is 5.65. The molecule has 2 rings (SSSR count). The molecular weight excluding hydrogens is 296 g/mol. The fraction of sp³-hybridized carbons (Fsp3) is 0.0833. The van der Waals surface area contributed by atoms with Gasteiger partial charge < -0.3 is 10.6 Å². The maximum Gasteiger partial charge on any atom is 0.244 e. The monoisotopic (exact) mass is 306 g/mol. The van der Waals surface area contributed by atoms with E-state index in [0.717, 1.165) is 5.69 Å². The van der Waals surface area contributed by atoms with Crippen LogP contribution in [0.25, 0.3) is 0 Å². The van der Waals surface area contributed by atoms with Gasteiger partial charge in [-0.15, -0.1) is 0 Å². The first-order valence-electron chi connectivity index (χ1n) is 5.30. The highest BCUT2D eigenvalue weighted by Crippen LogP contribution is 2.07. The zero-order chi connectivity index (χ0) is 12.8. The van der Waals surface area contributed by atoms with Crippen molar-refractivity contribution < 1.29 is 4.79 Å². The van der Waals surface area contributed by atoms with Gasteiger partial charge in [0.2, 0.25) is 5.91 Å². The first-order chi connectivity index (χ1) is 8.74. The molecule has 0 fully saturated rings. The summed E-state index contributed by atoms with van der Waals surface area (Å²) in [5.74, 6) is 0.258. The van der Waals surface area contributed by atoms with Crippen molar-refractivity contribution in [1.82, 2.24) is 9.97 Å². The second kappa shape index (κ2) is 6.11. The summed E-state index contributed by atoms with van der Waals surface area (Å²) in [6.07, 6.45) is 3.02. The largest absolute Gasteiger partial charge is 0.376 e. The SMILES string of the molecule is O=C(CNc1ccccc1)Nc1cnc(Br)cn1. The third-order valence-corrected chi connectivity index (χ3v) is 2.52. The lowest BCUT2D eigenvalue weighted by atomic mass is 10.3. The third-order valence-electron chi connectivity index (χ3n) is 2.11. The minimum Gasteiger partial charge on any atom is -0.376 e. The number of benzene rings is 1. The average molecular weight is 307 g/mol. The molecule has 0 aliphatic carbocycles. The molecule has 0 saturated carbocycles. The first-order valence-corrected chi connectivity index (χ1v) is 6.09. The normalized spacial score (nSPS) is 9.83. The molecule has 2 aromatic rings. The van der Waals surface area contributed by atoms with Gasteiger partial charge in [-0.1, -0.05) is 18.2 Å². The number of carbonyl (C=O) groups is 1. The fourth-order valence-electron chi connectivity index (χ4n) is 1.30. The van der Waals surface area contributed by atoms with E-state index in [4.69, 9.17) is 0 Å². The number of carbonyl (C=O) groups excluding carboxylic acids is 1. The van der Waals surface area contributed by atoms with Crippen LogP contribution in [0.3, 0.4) is 0 Å². The molecule has 18 heavy (non-hydrogen) atoms. The second-order valence-corrected chi connectivity index (χ2v) is 4.30. The number of hydrogen-bond donors (Lipinski definition) is 2. The van der Waals surface area contributed by atoms with Crippen molar-refractivity contribution in [3.05, 3.63) is 47.3 Å². The quantitative estimate of drug-likeness (QED) is 0.909. The average Bonchev–Trinajstić information content (AvgIpc) is 2.40. The number of nitrogens with zero attached hydrogens (tertiary/aromatic N) is 2. The van der Waals surface area contributed by atoms with Crippen LogP contribution in [0.1, 0.15) is 0 Å². The Bertz CT molecular complexity index is 515. The lowest BCUT2D eigenvalue weighted by Gasteiger charge is -2.06. The number of aromatic nitrogens is 2. The van der Waals surface area contributed by atoms with E-state index in [-0.39, 0.29) is 12.5 Å². The van der Waals surface area contributed by atoms with E-state index in [1.807, 2.05) is 30.3 Å². The van der Waals surface area contributed by atoms with Crippen LogP contribution in [0.15, 0.2) is 47.3 Å². The van der Waals surface area contributed by atoms with Crippen LogP contribution >= 0.6 is 15.9 Å². The molecule has 0 spiro atoms. The Hall–Kier alpha value is -1.95. The van der Waals surface area contributed by atoms with Gasteiger partial charge in [-0.2, -0.15) is 0 Å². The van der Waals surface area contributed by atoms with Gasteiger partial charge in [0.25, 0.3) is 0 Å². The van der Waals surface area contributed by atoms with Crippen molar-refractivity contribution in [2.45, 2.75) is 0 Å². The van der Waals surface area contributed by atoms with Gasteiger partial charge in [0.1, 0.15) is 4.60 Å². The Labute approximate surface area is 113 Å². The smallest absolute Gasteiger partial charge is 0.244 e. The number of hydrogen-bond acceptors (Lipinski definition) is 4. The highest BCUT2D eigenvalue weighted by molar-refractivity contribution is 9.10. The van der Waals surface area contributed by atoms with Crippen molar-refractivity contribution in [2.24, 2.45) is 0 Å². The number of para-hydroxylation sites is 1. The van der Waals surface area contributed by atoms with E-state index in [2.05, 4.69) is 36.5 Å². The molecule has 92 valence electrons. The second-order valence-electron chi connectivity index (χ2n) is 3.49. The van der Waals surface area contributed by atoms with E-state index in [1.165, 1.54) is 12.4 Å². The van der Waals surface area contributed by atoms with Gasteiger partial charge in [-0.3, -0.25) is 4.79 Å². The number of nitrogens with one attached hydrogen (secondary N) is 2. The van der Waals surface area contributed by atoms with Gasteiger partial charge in [-0.05, 0) is 28.1 Å². The maximum atomic E-state index is 11.6. The fourth-order valence-corrected chi connectivity index (χ4v) is 1.51. The first kappa shape index (κ1) is 12.5. The van der Waals surface area contributed by atoms with Crippen LogP contribution in [0, 0.1) is 0 Å². The molecule has 1 heterocycles. The molecule has 2 N–H and O–H groups in total. The topological polar surface area (TPSA) is 66.9 Å². The van der Waals surface area contributed by atoms with Gasteiger partial charge in [0.15, 0.2) is 5.82 Å². The maximum absolute atomic E-state index is 11.6. The predicted molar refractivity (Wildman–Crippen MR) is 73.3 cm³/mol. The van der Waals surface area contributed by atoms with Crippen molar-refractivity contribution >= 4 is 33.3 Å². The van der Waals surface area contributed by atoms with Crippen LogP contribution < -0.4 is 10.6 Å². The Morgan fingerprint density at radius 1 is 1.17 bits per heavy atom. The molecule has 0 atom stereocenters. The minimum atomic E-state index is -0.171. The summed E-state index contributed by atoms with van der Waals surface area (Å²) in [5.41, 5.74) is 0.898. The Balaban J connectivity index is 1.84. The van der Waals surface area contributed by atoms with Crippen LogP contribution in [0.5, 0.6) is 0 Å². The Morgan fingerprint density at radius 2 is 1.94 bits per heavy atom. The molecule has 0 aliphatic rings. The molecule has 1 aromatic carbocycles. The number of amides is 1. The highest BCUT2D eigenvalue weighted by atomic mass is 79.9. The van der Waals surface area contributed by atoms with Crippen LogP contribution in [-0.2, 0) is 4.79 Å². The minimum absolute atomic E-state index is 0.171. The van der Waals surface area contributed by atoms with Gasteiger partial charge in [-0.25, -0.2) is 9.97 Å². The summed E-state index contributed by atoms with van der Waals surface area (Å²) < 4.78 is 0.628. The molecule has 1 amide bonds. The van der Waals surface area contributed by atoms with Crippen molar-refractivity contribution in [3.8, 4) is 0 Å². The zero-order valence-electron chi connectivity index (χ0n) is 9.43. The molecule has 0 saturated heterocycles. The zero-order valence-corrected chi connectivity index (χ0v) is 11.0. The van der Waals surface area contributed by atoms with Crippen LogP contribution in [0.4, 0.5) is 11.5 Å². The summed E-state index contributed by atoms with van der Waals surface area (Å²) >= 11 is 3.17. The van der Waals surface area contributed by atoms with E-state index in [1.54, 1.807) is 0 Å². The summed E-state index contributed by atoms with van der Waals surface area (Å²) in [6.45, 7) is 0.182. The molecule has 0 aliphatic heterocycles. The van der Waals surface area contributed by atoms with Crippen LogP contribution in [0.2, 0.25) is 0 Å². The summed E-state index contributed by atoms with van der Waals surface area (Å²) in [6, 6.07) is 9.52. The van der Waals surface area contributed by atoms with E-state index in [0.29, 0.717) is 10.4 Å². The van der Waals surface area contributed by atoms with Gasteiger partial charge in [0.05, 0.1) is 18.9 Å². The molecule has 0 bridgehead atoms. The molecule has 0 radical (unpaired) electrons. The van der Waals surface area contributed by atoms with Gasteiger partial charge in [0, 0.05) is 5.69 Å². The number of halogens is 1. The molecular formula is C12H11BrN4O. The number of anilines is 2. The predicted octanol–water partition coefficient (Wildman–Crippen LogP) is 2.29. The molecule has 0 unspecified atom stereocenters. The summed E-state index contributed by atoms with van der Waals surface area (Å²) in [7, 11) is 0.